The van der Waals surface area contributed by atoms with E-state index in [0.717, 1.165) is 12.3 Å². The Labute approximate surface area is 93.8 Å². The molecular formula is C6H17NO4S3. The molecule has 88 valence electrons. The number of thioether (sulfide) groups is 2. The predicted octanol–water partition coefficient (Wildman–Crippen LogP) is 0.779. The highest BCUT2D eigenvalue weighted by Gasteiger charge is 1.86. The van der Waals surface area contributed by atoms with Gasteiger partial charge < -0.3 is 5.73 Å². The van der Waals surface area contributed by atoms with Crippen LogP contribution >= 0.6 is 23.5 Å². The first kappa shape index (κ1) is 16.9. The molecule has 0 saturated heterocycles. The molecule has 0 amide bonds. The second kappa shape index (κ2) is 11.6. The topological polar surface area (TPSA) is 101 Å². The Morgan fingerprint density at radius 1 is 1.14 bits per heavy atom. The number of nitrogens with two attached hydrogens (primary N) is 1. The van der Waals surface area contributed by atoms with Crippen molar-refractivity contribution >= 4 is 33.9 Å². The molecule has 0 aromatic carbocycles. The second-order valence-electron chi connectivity index (χ2n) is 2.05. The minimum absolute atomic E-state index is 0.821. The van der Waals surface area contributed by atoms with E-state index in [-0.39, 0.29) is 0 Å². The maximum Gasteiger partial charge on any atom is 0.394 e. The zero-order chi connectivity index (χ0) is 11.4. The van der Waals surface area contributed by atoms with Gasteiger partial charge in [-0.2, -0.15) is 31.9 Å². The fourth-order valence-electron chi connectivity index (χ4n) is 0.448. The van der Waals surface area contributed by atoms with Crippen LogP contribution in [0.25, 0.3) is 0 Å². The zero-order valence-electron chi connectivity index (χ0n) is 8.05. The molecule has 0 aromatic rings. The van der Waals surface area contributed by atoms with E-state index in [0.29, 0.717) is 0 Å². The highest BCUT2D eigenvalue weighted by atomic mass is 32.3. The molecule has 0 rings (SSSR count). The minimum atomic E-state index is -4.67. The summed E-state index contributed by atoms with van der Waals surface area (Å²) in [6, 6.07) is 0. The normalized spacial score (nSPS) is 10.6. The molecule has 0 atom stereocenters. The molecule has 0 spiro atoms. The van der Waals surface area contributed by atoms with Crippen LogP contribution in [-0.2, 0) is 10.4 Å². The van der Waals surface area contributed by atoms with Crippen molar-refractivity contribution in [1.82, 2.24) is 0 Å². The van der Waals surface area contributed by atoms with Gasteiger partial charge in [0.05, 0.1) is 0 Å². The summed E-state index contributed by atoms with van der Waals surface area (Å²) >= 11 is 3.94. The maximum absolute atomic E-state index is 8.74. The lowest BCUT2D eigenvalue weighted by atomic mass is 10.8. The molecule has 0 aliphatic rings. The van der Waals surface area contributed by atoms with Gasteiger partial charge in [-0.05, 0) is 5.75 Å². The van der Waals surface area contributed by atoms with Gasteiger partial charge in [0.2, 0.25) is 0 Å². The van der Waals surface area contributed by atoms with Gasteiger partial charge >= 0.3 is 10.4 Å². The summed E-state index contributed by atoms with van der Waals surface area (Å²) < 4.78 is 31.6. The van der Waals surface area contributed by atoms with Crippen LogP contribution in [0.1, 0.15) is 6.92 Å². The third kappa shape index (κ3) is 39.1. The minimum Gasteiger partial charge on any atom is -0.330 e. The van der Waals surface area contributed by atoms with E-state index in [4.69, 9.17) is 23.3 Å². The van der Waals surface area contributed by atoms with Crippen LogP contribution in [0, 0.1) is 0 Å². The van der Waals surface area contributed by atoms with E-state index in [9.17, 15) is 0 Å². The van der Waals surface area contributed by atoms with Crippen molar-refractivity contribution in [2.24, 2.45) is 5.73 Å². The van der Waals surface area contributed by atoms with E-state index >= 15 is 0 Å². The van der Waals surface area contributed by atoms with Gasteiger partial charge in [0.1, 0.15) is 0 Å². The van der Waals surface area contributed by atoms with Gasteiger partial charge in [-0.3, -0.25) is 9.11 Å². The lowest BCUT2D eigenvalue weighted by Crippen LogP contribution is -2.02. The van der Waals surface area contributed by atoms with Gasteiger partial charge in [-0.15, -0.1) is 0 Å². The van der Waals surface area contributed by atoms with Gasteiger partial charge in [0.25, 0.3) is 0 Å². The summed E-state index contributed by atoms with van der Waals surface area (Å²) in [6.07, 6.45) is 0. The molecule has 0 saturated carbocycles. The van der Waals surface area contributed by atoms with E-state index in [1.807, 2.05) is 23.5 Å². The maximum atomic E-state index is 8.74. The SMILES string of the molecule is CCSCCSCCN.O=S(=O)(O)O. The van der Waals surface area contributed by atoms with Crippen LogP contribution < -0.4 is 5.73 Å². The molecule has 0 heterocycles. The van der Waals surface area contributed by atoms with Gasteiger partial charge in [-0.25, -0.2) is 0 Å². The van der Waals surface area contributed by atoms with Crippen LogP contribution in [0.3, 0.4) is 0 Å². The molecule has 5 nitrogen and oxygen atoms in total. The highest BCUT2D eigenvalue weighted by Crippen LogP contribution is 2.04. The Kier molecular flexibility index (Phi) is 14.0. The first-order chi connectivity index (χ1) is 6.41. The molecule has 0 aliphatic carbocycles. The number of hydrogen-bond acceptors (Lipinski definition) is 5. The Morgan fingerprint density at radius 3 is 1.93 bits per heavy atom. The smallest absolute Gasteiger partial charge is 0.330 e. The Morgan fingerprint density at radius 2 is 1.57 bits per heavy atom. The van der Waals surface area contributed by atoms with Crippen LogP contribution in [-0.4, -0.2) is 47.1 Å². The van der Waals surface area contributed by atoms with Crippen LogP contribution in [0.2, 0.25) is 0 Å². The van der Waals surface area contributed by atoms with Crippen molar-refractivity contribution in [2.45, 2.75) is 6.92 Å². The lowest BCUT2D eigenvalue weighted by molar-refractivity contribution is 0.381. The Balaban J connectivity index is 0. The van der Waals surface area contributed by atoms with Gasteiger partial charge in [0.15, 0.2) is 0 Å². The fraction of sp³-hybridized carbons (Fsp3) is 1.00. The van der Waals surface area contributed by atoms with Crippen LogP contribution in [0.4, 0.5) is 0 Å². The first-order valence-electron chi connectivity index (χ1n) is 3.97. The third-order valence-corrected chi connectivity index (χ3v) is 3.01. The monoisotopic (exact) mass is 263 g/mol. The summed E-state index contributed by atoms with van der Waals surface area (Å²) in [5, 5.41) is 0. The molecule has 0 aliphatic heterocycles. The van der Waals surface area contributed by atoms with Crippen molar-refractivity contribution in [3.63, 3.8) is 0 Å². The molecule has 0 radical (unpaired) electrons. The van der Waals surface area contributed by atoms with Crippen molar-refractivity contribution in [1.29, 1.82) is 0 Å². The third-order valence-electron chi connectivity index (χ3n) is 0.838. The molecule has 4 N–H and O–H groups in total. The molecule has 0 aromatic heterocycles. The highest BCUT2D eigenvalue weighted by molar-refractivity contribution is 8.02. The summed E-state index contributed by atoms with van der Waals surface area (Å²) in [7, 11) is -4.67. The predicted molar refractivity (Wildman–Crippen MR) is 63.6 cm³/mol. The average molecular weight is 263 g/mol. The van der Waals surface area contributed by atoms with E-state index < -0.39 is 10.4 Å². The molecule has 8 heteroatoms. The summed E-state index contributed by atoms with van der Waals surface area (Å²) in [5.74, 6) is 4.89. The lowest BCUT2D eigenvalue weighted by Gasteiger charge is -1.96. The Bertz CT molecular complexity index is 181. The van der Waals surface area contributed by atoms with E-state index in [1.54, 1.807) is 0 Å². The zero-order valence-corrected chi connectivity index (χ0v) is 10.5. The van der Waals surface area contributed by atoms with Crippen molar-refractivity contribution < 1.29 is 17.5 Å². The number of hydrogen-bond donors (Lipinski definition) is 3. The average Bonchev–Trinajstić information content (AvgIpc) is 2.01. The van der Waals surface area contributed by atoms with Crippen LogP contribution in [0.15, 0.2) is 0 Å². The second-order valence-corrected chi connectivity index (χ2v) is 5.56. The fourth-order valence-corrected chi connectivity index (χ4v) is 2.05. The standard InChI is InChI=1S/C6H15NS2.H2O4S/c1-2-8-5-6-9-4-3-7;1-5(2,3)4/h2-7H2,1H3;(H2,1,2,3,4). The van der Waals surface area contributed by atoms with Crippen molar-refractivity contribution in [3.8, 4) is 0 Å². The first-order valence-corrected chi connectivity index (χ1v) is 7.67. The van der Waals surface area contributed by atoms with Gasteiger partial charge in [-0.1, -0.05) is 6.92 Å². The summed E-state index contributed by atoms with van der Waals surface area (Å²) in [6.45, 7) is 3.01. The van der Waals surface area contributed by atoms with E-state index in [1.165, 1.54) is 17.3 Å². The quantitative estimate of drug-likeness (QED) is 0.481. The molecular weight excluding hydrogens is 246 g/mol. The van der Waals surface area contributed by atoms with Crippen molar-refractivity contribution in [3.05, 3.63) is 0 Å². The van der Waals surface area contributed by atoms with Crippen molar-refractivity contribution in [2.75, 3.05) is 29.6 Å². The molecule has 14 heavy (non-hydrogen) atoms. The summed E-state index contributed by atoms with van der Waals surface area (Å²) in [5.41, 5.74) is 5.32. The molecule has 0 unspecified atom stereocenters. The Hall–Kier alpha value is 0.530. The van der Waals surface area contributed by atoms with Gasteiger partial charge in [0, 0.05) is 23.8 Å². The molecule has 0 bridgehead atoms. The van der Waals surface area contributed by atoms with E-state index in [2.05, 4.69) is 6.92 Å². The molecule has 0 fully saturated rings. The summed E-state index contributed by atoms with van der Waals surface area (Å²) in [4.78, 5) is 0. The van der Waals surface area contributed by atoms with Crippen LogP contribution in [0.5, 0.6) is 0 Å². The largest absolute Gasteiger partial charge is 0.394 e. The number of rotatable bonds is 6.